The summed E-state index contributed by atoms with van der Waals surface area (Å²) in [6.45, 7) is 7.58. The first-order valence-corrected chi connectivity index (χ1v) is 14.0. The second-order valence-corrected chi connectivity index (χ2v) is 11.8. The van der Waals surface area contributed by atoms with Crippen molar-refractivity contribution in [2.75, 3.05) is 18.1 Å². The van der Waals surface area contributed by atoms with Crippen LogP contribution in [0.15, 0.2) is 55.1 Å². The number of fused-ring (bicyclic) bond motifs is 2. The van der Waals surface area contributed by atoms with Crippen molar-refractivity contribution >= 4 is 50.2 Å². The van der Waals surface area contributed by atoms with Gasteiger partial charge in [0.05, 0.1) is 30.6 Å². The maximum Gasteiger partial charge on any atom is 0.310 e. The smallest absolute Gasteiger partial charge is 0.310 e. The van der Waals surface area contributed by atoms with Crippen LogP contribution in [0.3, 0.4) is 0 Å². The molecule has 2 aromatic rings. The molecule has 0 saturated carbocycles. The number of carboxylic acid groups (broad SMARTS) is 1. The predicted octanol–water partition coefficient (Wildman–Crippen LogP) is 3.60. The number of hydrogen-bond donors (Lipinski definition) is 2. The van der Waals surface area contributed by atoms with E-state index in [1.165, 1.54) is 4.90 Å². The van der Waals surface area contributed by atoms with Gasteiger partial charge in [-0.05, 0) is 35.2 Å². The van der Waals surface area contributed by atoms with Crippen LogP contribution in [-0.4, -0.2) is 74.7 Å². The molecule has 0 radical (unpaired) electrons. The van der Waals surface area contributed by atoms with Crippen molar-refractivity contribution in [1.29, 1.82) is 0 Å². The number of hydrogen-bond acceptors (Lipinski definition) is 5. The lowest BCUT2D eigenvalue weighted by Crippen LogP contribution is -2.60. The van der Waals surface area contributed by atoms with Gasteiger partial charge in [0.1, 0.15) is 11.6 Å². The Kier molecular flexibility index (Phi) is 7.13. The highest BCUT2D eigenvalue weighted by molar-refractivity contribution is 9.09. The van der Waals surface area contributed by atoms with Gasteiger partial charge < -0.3 is 24.7 Å². The summed E-state index contributed by atoms with van der Waals surface area (Å²) in [4.78, 5) is 43.8. The Morgan fingerprint density at radius 3 is 2.63 bits per heavy atom. The van der Waals surface area contributed by atoms with Crippen molar-refractivity contribution in [1.82, 2.24) is 4.90 Å². The molecule has 202 valence electrons. The summed E-state index contributed by atoms with van der Waals surface area (Å²) < 4.78 is 6.40. The number of ether oxygens (including phenoxy) is 1. The van der Waals surface area contributed by atoms with Gasteiger partial charge in [0.25, 0.3) is 5.91 Å². The molecule has 3 unspecified atom stereocenters. The fourth-order valence-electron chi connectivity index (χ4n) is 6.74. The second-order valence-electron chi connectivity index (χ2n) is 10.7. The molecule has 2 bridgehead atoms. The van der Waals surface area contributed by atoms with Crippen LogP contribution >= 0.6 is 15.9 Å². The average molecular weight is 585 g/mol. The number of aliphatic carboxylic acids is 1. The van der Waals surface area contributed by atoms with Crippen LogP contribution in [0.4, 0.5) is 5.69 Å². The fourth-order valence-corrected chi connectivity index (χ4v) is 7.69. The summed E-state index contributed by atoms with van der Waals surface area (Å²) in [6.07, 6.45) is 1.90. The molecule has 8 atom stereocenters. The van der Waals surface area contributed by atoms with E-state index in [-0.39, 0.29) is 29.8 Å². The van der Waals surface area contributed by atoms with Crippen LogP contribution in [0.1, 0.15) is 26.7 Å². The van der Waals surface area contributed by atoms with Gasteiger partial charge in [0.15, 0.2) is 0 Å². The van der Waals surface area contributed by atoms with E-state index in [4.69, 9.17) is 4.74 Å². The lowest BCUT2D eigenvalue weighted by atomic mass is 9.70. The zero-order valence-electron chi connectivity index (χ0n) is 21.5. The van der Waals surface area contributed by atoms with Gasteiger partial charge in [-0.25, -0.2) is 0 Å². The van der Waals surface area contributed by atoms with Crippen molar-refractivity contribution in [3.63, 3.8) is 0 Å². The van der Waals surface area contributed by atoms with E-state index in [9.17, 15) is 24.6 Å². The molecule has 3 aliphatic rings. The number of carboxylic acids is 1. The van der Waals surface area contributed by atoms with Gasteiger partial charge in [-0.1, -0.05) is 72.6 Å². The van der Waals surface area contributed by atoms with Crippen molar-refractivity contribution in [2.45, 2.75) is 55.3 Å². The quantitative estimate of drug-likeness (QED) is 0.344. The summed E-state index contributed by atoms with van der Waals surface area (Å²) in [5, 5.41) is 22.5. The molecule has 0 aromatic heterocycles. The molecule has 2 amide bonds. The van der Waals surface area contributed by atoms with Crippen molar-refractivity contribution < 1.29 is 29.3 Å². The van der Waals surface area contributed by atoms with E-state index in [0.29, 0.717) is 18.5 Å². The van der Waals surface area contributed by atoms with E-state index in [1.54, 1.807) is 11.0 Å². The molecule has 38 heavy (non-hydrogen) atoms. The fraction of sp³-hybridized carbons (Fsp3) is 0.483. The van der Waals surface area contributed by atoms with Crippen LogP contribution in [0, 0.1) is 17.8 Å². The summed E-state index contributed by atoms with van der Waals surface area (Å²) in [5.41, 5.74) is -0.671. The summed E-state index contributed by atoms with van der Waals surface area (Å²) >= 11 is 3.58. The van der Waals surface area contributed by atoms with Gasteiger partial charge in [0, 0.05) is 17.1 Å². The van der Waals surface area contributed by atoms with Gasteiger partial charge >= 0.3 is 5.97 Å². The topological polar surface area (TPSA) is 107 Å². The largest absolute Gasteiger partial charge is 0.481 e. The number of carbonyl (C=O) groups is 3. The molecular weight excluding hydrogens is 552 g/mol. The standard InChI is InChI=1S/C29H33BrN2O6/c1-4-12-31(19-11-10-17-8-6-7-9-18(17)13-19)27(35)25-29-14-20(30)24(38-29)22(28(36)37)23(29)26(34)32(25)21(15-33)16(3)5-2/h4,6-11,13,16,20-25,33H,1,5,12,14-15H2,2-3H3,(H,36,37)/t16-,20?,21-,22-,23-,24-,25?,29?/m0/s1. The third-order valence-corrected chi connectivity index (χ3v) is 9.56. The average Bonchev–Trinajstić information content (AvgIpc) is 3.50. The number of likely N-dealkylation sites (tertiary alicyclic amines) is 1. The Bertz CT molecular complexity index is 1280. The highest BCUT2D eigenvalue weighted by Crippen LogP contribution is 2.60. The van der Waals surface area contributed by atoms with Crippen LogP contribution in [0.2, 0.25) is 0 Å². The number of nitrogens with zero attached hydrogens (tertiary/aromatic N) is 2. The zero-order valence-corrected chi connectivity index (χ0v) is 23.1. The molecule has 1 spiro atoms. The molecule has 8 nitrogen and oxygen atoms in total. The minimum atomic E-state index is -1.31. The van der Waals surface area contributed by atoms with Crippen molar-refractivity contribution in [3.05, 3.63) is 55.1 Å². The van der Waals surface area contributed by atoms with Crippen LogP contribution in [0.25, 0.3) is 10.8 Å². The summed E-state index contributed by atoms with van der Waals surface area (Å²) in [6, 6.07) is 11.8. The van der Waals surface area contributed by atoms with Crippen LogP contribution in [0.5, 0.6) is 0 Å². The first-order valence-electron chi connectivity index (χ1n) is 13.1. The van der Waals surface area contributed by atoms with Crippen LogP contribution in [-0.2, 0) is 19.1 Å². The molecule has 2 N–H and O–H groups in total. The highest BCUT2D eigenvalue weighted by atomic mass is 79.9. The number of benzene rings is 2. The number of alkyl halides is 1. The van der Waals surface area contributed by atoms with E-state index in [2.05, 4.69) is 22.5 Å². The number of aliphatic hydroxyl groups excluding tert-OH is 1. The van der Waals surface area contributed by atoms with E-state index >= 15 is 0 Å². The number of amides is 2. The molecule has 3 saturated heterocycles. The summed E-state index contributed by atoms with van der Waals surface area (Å²) in [7, 11) is 0. The number of anilines is 1. The maximum atomic E-state index is 14.6. The van der Waals surface area contributed by atoms with E-state index in [1.807, 2.05) is 56.3 Å². The molecule has 0 aliphatic carbocycles. The number of aliphatic hydroxyl groups is 1. The van der Waals surface area contributed by atoms with Gasteiger partial charge in [-0.3, -0.25) is 14.4 Å². The molecule has 5 rings (SSSR count). The van der Waals surface area contributed by atoms with Gasteiger partial charge in [0.2, 0.25) is 5.91 Å². The van der Waals surface area contributed by atoms with Crippen molar-refractivity contribution in [2.24, 2.45) is 17.8 Å². The monoisotopic (exact) mass is 584 g/mol. The zero-order chi connectivity index (χ0) is 27.4. The maximum absolute atomic E-state index is 14.6. The highest BCUT2D eigenvalue weighted by Gasteiger charge is 2.77. The van der Waals surface area contributed by atoms with E-state index in [0.717, 1.165) is 10.8 Å². The summed E-state index contributed by atoms with van der Waals surface area (Å²) in [5.74, 6) is -4.13. The minimum absolute atomic E-state index is 0.122. The predicted molar refractivity (Wildman–Crippen MR) is 147 cm³/mol. The van der Waals surface area contributed by atoms with Crippen molar-refractivity contribution in [3.8, 4) is 0 Å². The Labute approximate surface area is 230 Å². The number of rotatable bonds is 9. The Balaban J connectivity index is 1.65. The van der Waals surface area contributed by atoms with E-state index < -0.39 is 47.5 Å². The Morgan fingerprint density at radius 2 is 2.00 bits per heavy atom. The van der Waals surface area contributed by atoms with Gasteiger partial charge in [-0.2, -0.15) is 0 Å². The third kappa shape index (κ3) is 3.89. The molecule has 9 heteroatoms. The first kappa shape index (κ1) is 26.8. The van der Waals surface area contributed by atoms with Crippen LogP contribution < -0.4 is 4.90 Å². The lowest BCUT2D eigenvalue weighted by molar-refractivity contribution is -0.151. The first-order chi connectivity index (χ1) is 18.2. The molecular formula is C29H33BrN2O6. The SMILES string of the molecule is C=CCN(C(=O)C1N([C@@H](CO)[C@@H](C)CC)C(=O)[C@@H]2[C@H](C(=O)O)[C@H]3OC12CC3Br)c1ccc2ccccc2c1. The molecule has 3 aliphatic heterocycles. The molecule has 2 aromatic carbocycles. The Hall–Kier alpha value is -2.75. The third-order valence-electron chi connectivity index (χ3n) is 8.71. The second kappa shape index (κ2) is 10.1. The molecule has 3 heterocycles. The van der Waals surface area contributed by atoms with Gasteiger partial charge in [-0.15, -0.1) is 6.58 Å². The normalized spacial score (nSPS) is 31.3. The lowest BCUT2D eigenvalue weighted by Gasteiger charge is -2.41. The Morgan fingerprint density at radius 1 is 1.29 bits per heavy atom. The molecule has 3 fully saturated rings. The minimum Gasteiger partial charge on any atom is -0.481 e. The number of halogens is 1. The number of carbonyl (C=O) groups excluding carboxylic acids is 2.